The zero-order chi connectivity index (χ0) is 24.6. The quantitative estimate of drug-likeness (QED) is 0.381. The van der Waals surface area contributed by atoms with Gasteiger partial charge in [-0.25, -0.2) is 9.78 Å². The average Bonchev–Trinajstić information content (AvgIpc) is 3.68. The number of ether oxygens (including phenoxy) is 2. The number of rotatable bonds is 10. The maximum Gasteiger partial charge on any atom is 0.342 e. The summed E-state index contributed by atoms with van der Waals surface area (Å²) in [5, 5.41) is 8.61. The topological polar surface area (TPSA) is 119 Å². The Bertz CT molecular complexity index is 1210. The minimum Gasteiger partial charge on any atom is -0.494 e. The van der Waals surface area contributed by atoms with Gasteiger partial charge in [0.25, 0.3) is 11.8 Å². The molecular weight excluding hydrogens is 448 g/mol. The third-order valence-corrected chi connectivity index (χ3v) is 5.15. The van der Waals surface area contributed by atoms with E-state index in [1.165, 1.54) is 0 Å². The van der Waals surface area contributed by atoms with Crippen molar-refractivity contribution in [2.45, 2.75) is 25.8 Å². The highest BCUT2D eigenvalue weighted by molar-refractivity contribution is 6.04. The van der Waals surface area contributed by atoms with Gasteiger partial charge in [-0.2, -0.15) is 0 Å². The van der Waals surface area contributed by atoms with Gasteiger partial charge in [-0.05, 0) is 68.3 Å². The van der Waals surface area contributed by atoms with Crippen LogP contribution in [0.4, 0.5) is 17.2 Å². The summed E-state index contributed by atoms with van der Waals surface area (Å²) in [5.74, 6) is -0.488. The maximum atomic E-state index is 12.7. The molecule has 1 fully saturated rings. The number of hydrogen-bond donors (Lipinski definition) is 3. The molecular formula is C26H26N4O5. The number of amides is 2. The molecule has 0 atom stereocenters. The van der Waals surface area contributed by atoms with Crippen LogP contribution in [0.3, 0.4) is 0 Å². The van der Waals surface area contributed by atoms with Crippen LogP contribution < -0.4 is 20.7 Å². The summed E-state index contributed by atoms with van der Waals surface area (Å²) in [4.78, 5) is 41.8. The SMILES string of the molecule is CCOc1ccc(Nc2ncccc2C(=O)OCC(=O)Nc2ccccc2C(=O)NC2CC2)cc1. The summed E-state index contributed by atoms with van der Waals surface area (Å²) in [5.41, 5.74) is 1.59. The van der Waals surface area contributed by atoms with Crippen molar-refractivity contribution >= 4 is 35.0 Å². The molecule has 9 heteroatoms. The highest BCUT2D eigenvalue weighted by atomic mass is 16.5. The number of carbonyl (C=O) groups excluding carboxylic acids is 3. The lowest BCUT2D eigenvalue weighted by Gasteiger charge is -2.13. The molecule has 2 aromatic carbocycles. The Morgan fingerprint density at radius 1 is 0.971 bits per heavy atom. The van der Waals surface area contributed by atoms with E-state index in [1.54, 1.807) is 66.9 Å². The minimum absolute atomic E-state index is 0.179. The Balaban J connectivity index is 1.36. The highest BCUT2D eigenvalue weighted by Crippen LogP contribution is 2.23. The fraction of sp³-hybridized carbons (Fsp3) is 0.231. The van der Waals surface area contributed by atoms with Gasteiger partial charge in [0, 0.05) is 17.9 Å². The van der Waals surface area contributed by atoms with Gasteiger partial charge in [0.05, 0.1) is 17.9 Å². The third kappa shape index (κ3) is 6.57. The second kappa shape index (κ2) is 11.1. The van der Waals surface area contributed by atoms with Gasteiger partial charge < -0.3 is 25.4 Å². The van der Waals surface area contributed by atoms with Crippen LogP contribution in [0.5, 0.6) is 5.75 Å². The molecule has 35 heavy (non-hydrogen) atoms. The van der Waals surface area contributed by atoms with E-state index in [0.29, 0.717) is 29.4 Å². The first-order valence-corrected chi connectivity index (χ1v) is 11.3. The molecule has 3 aromatic rings. The zero-order valence-electron chi connectivity index (χ0n) is 19.2. The maximum absolute atomic E-state index is 12.7. The second-order valence-corrected chi connectivity index (χ2v) is 7.90. The van der Waals surface area contributed by atoms with Crippen molar-refractivity contribution in [2.24, 2.45) is 0 Å². The number of aromatic nitrogens is 1. The third-order valence-electron chi connectivity index (χ3n) is 5.15. The molecule has 180 valence electrons. The van der Waals surface area contributed by atoms with E-state index in [9.17, 15) is 14.4 Å². The first-order valence-electron chi connectivity index (χ1n) is 11.3. The van der Waals surface area contributed by atoms with E-state index >= 15 is 0 Å². The van der Waals surface area contributed by atoms with Crippen LogP contribution >= 0.6 is 0 Å². The van der Waals surface area contributed by atoms with Crippen molar-refractivity contribution in [3.05, 3.63) is 78.0 Å². The molecule has 2 amide bonds. The van der Waals surface area contributed by atoms with Gasteiger partial charge in [-0.15, -0.1) is 0 Å². The molecule has 3 N–H and O–H groups in total. The molecule has 1 aliphatic carbocycles. The van der Waals surface area contributed by atoms with Gasteiger partial charge in [-0.3, -0.25) is 9.59 Å². The summed E-state index contributed by atoms with van der Waals surface area (Å²) in [7, 11) is 0. The Hall–Kier alpha value is -4.40. The predicted octanol–water partition coefficient (Wildman–Crippen LogP) is 3.91. The fourth-order valence-corrected chi connectivity index (χ4v) is 3.28. The van der Waals surface area contributed by atoms with Crippen LogP contribution in [0.2, 0.25) is 0 Å². The molecule has 0 bridgehead atoms. The lowest BCUT2D eigenvalue weighted by Crippen LogP contribution is -2.28. The first-order chi connectivity index (χ1) is 17.0. The van der Waals surface area contributed by atoms with E-state index < -0.39 is 18.5 Å². The van der Waals surface area contributed by atoms with E-state index in [4.69, 9.17) is 9.47 Å². The van der Waals surface area contributed by atoms with Gasteiger partial charge in [0.2, 0.25) is 0 Å². The van der Waals surface area contributed by atoms with Gasteiger partial charge in [0.15, 0.2) is 6.61 Å². The zero-order valence-corrected chi connectivity index (χ0v) is 19.2. The molecule has 0 radical (unpaired) electrons. The number of carbonyl (C=O) groups is 3. The normalized spacial score (nSPS) is 12.4. The Morgan fingerprint density at radius 2 is 1.71 bits per heavy atom. The summed E-state index contributed by atoms with van der Waals surface area (Å²) >= 11 is 0. The Kier molecular flexibility index (Phi) is 7.57. The number of anilines is 3. The summed E-state index contributed by atoms with van der Waals surface area (Å²) in [6.07, 6.45) is 3.46. The molecule has 0 aliphatic heterocycles. The average molecular weight is 475 g/mol. The fourth-order valence-electron chi connectivity index (χ4n) is 3.28. The van der Waals surface area contributed by atoms with Gasteiger partial charge >= 0.3 is 5.97 Å². The lowest BCUT2D eigenvalue weighted by molar-refractivity contribution is -0.119. The molecule has 4 rings (SSSR count). The van der Waals surface area contributed by atoms with Crippen LogP contribution in [-0.4, -0.2) is 42.0 Å². The minimum atomic E-state index is -0.707. The van der Waals surface area contributed by atoms with Crippen molar-refractivity contribution in [1.82, 2.24) is 10.3 Å². The smallest absolute Gasteiger partial charge is 0.342 e. The molecule has 1 heterocycles. The van der Waals surface area contributed by atoms with Crippen LogP contribution in [0, 0.1) is 0 Å². The van der Waals surface area contributed by atoms with E-state index in [1.807, 2.05) is 6.92 Å². The molecule has 0 saturated heterocycles. The van der Waals surface area contributed by atoms with Crippen molar-refractivity contribution in [3.8, 4) is 5.75 Å². The van der Waals surface area contributed by atoms with Crippen molar-refractivity contribution in [1.29, 1.82) is 0 Å². The van der Waals surface area contributed by atoms with Crippen molar-refractivity contribution in [2.75, 3.05) is 23.8 Å². The molecule has 1 aliphatic rings. The number of para-hydroxylation sites is 1. The Morgan fingerprint density at radius 3 is 2.46 bits per heavy atom. The molecule has 1 saturated carbocycles. The van der Waals surface area contributed by atoms with Crippen LogP contribution in [0.15, 0.2) is 66.9 Å². The molecule has 0 unspecified atom stereocenters. The number of nitrogens with one attached hydrogen (secondary N) is 3. The number of nitrogens with zero attached hydrogens (tertiary/aromatic N) is 1. The summed E-state index contributed by atoms with van der Waals surface area (Å²) < 4.78 is 10.6. The van der Waals surface area contributed by atoms with Crippen molar-refractivity contribution in [3.63, 3.8) is 0 Å². The summed E-state index contributed by atoms with van der Waals surface area (Å²) in [6, 6.07) is 17.3. The standard InChI is InChI=1S/C26H26N4O5/c1-2-34-19-13-11-17(12-14-19)28-24-21(7-5-15-27-24)26(33)35-16-23(31)30-22-8-4-3-6-20(22)25(32)29-18-9-10-18/h3-8,11-15,18H,2,9-10,16H2,1H3,(H,27,28)(H,29,32)(H,30,31). The second-order valence-electron chi connectivity index (χ2n) is 7.90. The van der Waals surface area contributed by atoms with Crippen LogP contribution in [0.1, 0.15) is 40.5 Å². The van der Waals surface area contributed by atoms with Crippen molar-refractivity contribution < 1.29 is 23.9 Å². The number of hydrogen-bond acceptors (Lipinski definition) is 7. The van der Waals surface area contributed by atoms with Gasteiger partial charge in [0.1, 0.15) is 17.1 Å². The largest absolute Gasteiger partial charge is 0.494 e. The van der Waals surface area contributed by atoms with E-state index in [0.717, 1.165) is 18.6 Å². The monoisotopic (exact) mass is 474 g/mol. The van der Waals surface area contributed by atoms with E-state index in [-0.39, 0.29) is 17.5 Å². The Labute approximate surface area is 202 Å². The predicted molar refractivity (Wildman–Crippen MR) is 131 cm³/mol. The van der Waals surface area contributed by atoms with Gasteiger partial charge in [-0.1, -0.05) is 12.1 Å². The molecule has 0 spiro atoms. The number of benzene rings is 2. The van der Waals surface area contributed by atoms with Crippen LogP contribution in [0.25, 0.3) is 0 Å². The summed E-state index contributed by atoms with van der Waals surface area (Å²) in [6.45, 7) is 1.95. The number of esters is 1. The van der Waals surface area contributed by atoms with Crippen LogP contribution in [-0.2, 0) is 9.53 Å². The first kappa shape index (κ1) is 23.7. The molecule has 9 nitrogen and oxygen atoms in total. The molecule has 1 aromatic heterocycles. The lowest BCUT2D eigenvalue weighted by atomic mass is 10.1. The highest BCUT2D eigenvalue weighted by Gasteiger charge is 2.25. The number of pyridine rings is 1. The van der Waals surface area contributed by atoms with E-state index in [2.05, 4.69) is 20.9 Å².